The first kappa shape index (κ1) is 25.0. The van der Waals surface area contributed by atoms with E-state index in [0.717, 1.165) is 0 Å². The predicted molar refractivity (Wildman–Crippen MR) is 98.4 cm³/mol. The van der Waals surface area contributed by atoms with Crippen LogP contribution in [0.2, 0.25) is 6.04 Å². The van der Waals surface area contributed by atoms with Crippen molar-refractivity contribution in [2.45, 2.75) is 78.1 Å². The Balaban J connectivity index is 2.57. The van der Waals surface area contributed by atoms with Gasteiger partial charge in [0.2, 0.25) is 5.82 Å². The zero-order valence-corrected chi connectivity index (χ0v) is 18.0. The fraction of sp³-hybridized carbons (Fsp3) is 0.684. The fourth-order valence-electron chi connectivity index (χ4n) is 2.93. The summed E-state index contributed by atoms with van der Waals surface area (Å²) in [6.45, 7) is 7.59. The van der Waals surface area contributed by atoms with E-state index in [9.17, 15) is 22.0 Å². The van der Waals surface area contributed by atoms with Crippen LogP contribution in [0.1, 0.15) is 58.9 Å². The van der Waals surface area contributed by atoms with Crippen LogP contribution in [0.3, 0.4) is 0 Å². The van der Waals surface area contributed by atoms with Gasteiger partial charge in [-0.05, 0) is 47.0 Å². The Bertz CT molecular complexity index is 601. The summed E-state index contributed by atoms with van der Waals surface area (Å²) in [5, 5.41) is 0. The van der Waals surface area contributed by atoms with Gasteiger partial charge in [-0.1, -0.05) is 12.8 Å². The summed E-state index contributed by atoms with van der Waals surface area (Å²) in [7, 11) is -1.26. The van der Waals surface area contributed by atoms with Gasteiger partial charge >= 0.3 is 8.80 Å². The van der Waals surface area contributed by atoms with Gasteiger partial charge in [0, 0.05) is 30.9 Å². The maximum atomic E-state index is 13.7. The van der Waals surface area contributed by atoms with E-state index in [0.29, 0.717) is 31.7 Å². The summed E-state index contributed by atoms with van der Waals surface area (Å²) in [5.41, 5.74) is -0.761. The third-order valence-corrected chi connectivity index (χ3v) is 7.35. The Hall–Kier alpha value is -1.03. The lowest BCUT2D eigenvalue weighted by atomic mass is 10.0. The lowest BCUT2D eigenvalue weighted by molar-refractivity contribution is 0.0323. The molecule has 0 N–H and O–H groups in total. The minimum atomic E-state index is -2.82. The van der Waals surface area contributed by atoms with Crippen LogP contribution < -0.4 is 0 Å². The molecule has 0 aliphatic carbocycles. The van der Waals surface area contributed by atoms with Crippen LogP contribution in [0.25, 0.3) is 0 Å². The lowest BCUT2D eigenvalue weighted by Gasteiger charge is -2.31. The molecule has 0 spiro atoms. The lowest BCUT2D eigenvalue weighted by Crippen LogP contribution is -2.48. The van der Waals surface area contributed by atoms with Gasteiger partial charge in [-0.3, -0.25) is 0 Å². The van der Waals surface area contributed by atoms with Crippen LogP contribution in [-0.2, 0) is 19.7 Å². The van der Waals surface area contributed by atoms with Crippen LogP contribution in [0.5, 0.6) is 0 Å². The maximum absolute atomic E-state index is 13.7. The molecule has 1 rings (SSSR count). The Labute approximate surface area is 164 Å². The van der Waals surface area contributed by atoms with Crippen molar-refractivity contribution in [3.8, 4) is 0 Å². The van der Waals surface area contributed by atoms with Crippen LogP contribution in [0.4, 0.5) is 22.0 Å². The quantitative estimate of drug-likeness (QED) is 0.136. The van der Waals surface area contributed by atoms with Crippen molar-refractivity contribution in [3.05, 3.63) is 34.6 Å². The average Bonchev–Trinajstić information content (AvgIpc) is 2.62. The van der Waals surface area contributed by atoms with Crippen molar-refractivity contribution in [1.82, 2.24) is 0 Å². The van der Waals surface area contributed by atoms with E-state index in [1.54, 1.807) is 7.11 Å². The number of halogens is 5. The molecule has 0 radical (unpaired) electrons. The Kier molecular flexibility index (Phi) is 10.0. The number of hydrogen-bond acceptors (Lipinski definition) is 3. The first-order chi connectivity index (χ1) is 13.0. The topological polar surface area (TPSA) is 27.7 Å². The van der Waals surface area contributed by atoms with Crippen LogP contribution in [0, 0.1) is 29.1 Å². The van der Waals surface area contributed by atoms with Crippen LogP contribution in [-0.4, -0.2) is 28.1 Å². The van der Waals surface area contributed by atoms with Gasteiger partial charge < -0.3 is 13.3 Å². The molecule has 0 saturated heterocycles. The normalized spacial score (nSPS) is 12.4. The second-order valence-corrected chi connectivity index (χ2v) is 9.93. The highest BCUT2D eigenvalue weighted by Crippen LogP contribution is 2.26. The highest BCUT2D eigenvalue weighted by atomic mass is 28.4. The van der Waals surface area contributed by atoms with E-state index in [1.165, 1.54) is 0 Å². The highest BCUT2D eigenvalue weighted by Gasteiger charge is 2.41. The van der Waals surface area contributed by atoms with Gasteiger partial charge in [-0.15, -0.1) is 0 Å². The van der Waals surface area contributed by atoms with E-state index >= 15 is 0 Å². The smallest absolute Gasteiger partial charge is 0.377 e. The first-order valence-electron chi connectivity index (χ1n) is 9.45. The molecule has 0 aliphatic heterocycles. The molecule has 3 nitrogen and oxygen atoms in total. The van der Waals surface area contributed by atoms with Crippen LogP contribution >= 0.6 is 0 Å². The molecule has 0 saturated carbocycles. The molecule has 28 heavy (non-hydrogen) atoms. The van der Waals surface area contributed by atoms with Crippen molar-refractivity contribution < 1.29 is 35.2 Å². The second-order valence-electron chi connectivity index (χ2n) is 7.18. The van der Waals surface area contributed by atoms with Crippen molar-refractivity contribution >= 4 is 8.80 Å². The maximum Gasteiger partial charge on any atom is 0.501 e. The molecule has 1 aromatic carbocycles. The standard InChI is InChI=1S/C19H29F5O3Si/c1-12(2)26-28(25-5,27-13(3)4)11-9-7-6-8-10-14-15(20)17(22)19(24)18(23)16(14)21/h12-13H,6-11H2,1-5H3. The zero-order valence-electron chi connectivity index (χ0n) is 17.0. The van der Waals surface area contributed by atoms with Crippen molar-refractivity contribution in [3.63, 3.8) is 0 Å². The molecule has 0 heterocycles. The Morgan fingerprint density at radius 3 is 1.54 bits per heavy atom. The number of benzene rings is 1. The SMILES string of the molecule is CO[Si](CCCCCCc1c(F)c(F)c(F)c(F)c1F)(OC(C)C)OC(C)C. The molecular weight excluding hydrogens is 399 g/mol. The Morgan fingerprint density at radius 1 is 0.679 bits per heavy atom. The van der Waals surface area contributed by atoms with E-state index < -0.39 is 43.5 Å². The molecular formula is C19H29F5O3Si. The third-order valence-electron chi connectivity index (χ3n) is 4.10. The number of rotatable bonds is 12. The molecule has 0 aliphatic rings. The minimum absolute atomic E-state index is 0.0559. The van der Waals surface area contributed by atoms with Crippen molar-refractivity contribution in [1.29, 1.82) is 0 Å². The van der Waals surface area contributed by atoms with E-state index in [2.05, 4.69) is 0 Å². The van der Waals surface area contributed by atoms with Gasteiger partial charge in [0.1, 0.15) is 0 Å². The molecule has 0 unspecified atom stereocenters. The molecule has 9 heteroatoms. The molecule has 1 aromatic rings. The summed E-state index contributed by atoms with van der Waals surface area (Å²) < 4.78 is 84.2. The second kappa shape index (κ2) is 11.2. The molecule has 0 fully saturated rings. The van der Waals surface area contributed by atoms with Crippen molar-refractivity contribution in [2.24, 2.45) is 0 Å². The molecule has 0 bridgehead atoms. The molecule has 0 atom stereocenters. The van der Waals surface area contributed by atoms with Gasteiger partial charge in [-0.25, -0.2) is 22.0 Å². The molecule has 162 valence electrons. The summed E-state index contributed by atoms with van der Waals surface area (Å²) in [6, 6.07) is 0.586. The average molecular weight is 429 g/mol. The van der Waals surface area contributed by atoms with Gasteiger partial charge in [0.15, 0.2) is 23.3 Å². The van der Waals surface area contributed by atoms with E-state index in [-0.39, 0.29) is 18.6 Å². The summed E-state index contributed by atoms with van der Waals surface area (Å²) in [4.78, 5) is 0. The predicted octanol–water partition coefficient (Wildman–Crippen LogP) is 5.92. The highest BCUT2D eigenvalue weighted by molar-refractivity contribution is 6.60. The third kappa shape index (κ3) is 6.79. The number of unbranched alkanes of at least 4 members (excludes halogenated alkanes) is 3. The monoisotopic (exact) mass is 428 g/mol. The number of hydrogen-bond donors (Lipinski definition) is 0. The van der Waals surface area contributed by atoms with E-state index in [1.807, 2.05) is 27.7 Å². The fourth-order valence-corrected chi connectivity index (χ4v) is 5.74. The van der Waals surface area contributed by atoms with Gasteiger partial charge in [0.25, 0.3) is 0 Å². The van der Waals surface area contributed by atoms with E-state index in [4.69, 9.17) is 13.3 Å². The minimum Gasteiger partial charge on any atom is -0.377 e. The summed E-state index contributed by atoms with van der Waals surface area (Å²) in [6.07, 6.45) is 1.93. The van der Waals surface area contributed by atoms with Gasteiger partial charge in [0.05, 0.1) is 0 Å². The van der Waals surface area contributed by atoms with Crippen LogP contribution in [0.15, 0.2) is 0 Å². The van der Waals surface area contributed by atoms with Gasteiger partial charge in [-0.2, -0.15) is 0 Å². The zero-order chi connectivity index (χ0) is 21.5. The largest absolute Gasteiger partial charge is 0.501 e. The molecule has 0 aromatic heterocycles. The Morgan fingerprint density at radius 2 is 1.11 bits per heavy atom. The summed E-state index contributed by atoms with van der Waals surface area (Å²) >= 11 is 0. The first-order valence-corrected chi connectivity index (χ1v) is 11.4. The van der Waals surface area contributed by atoms with Crippen molar-refractivity contribution in [2.75, 3.05) is 7.11 Å². The molecule has 0 amide bonds. The summed E-state index contributed by atoms with van der Waals surface area (Å²) in [5.74, 6) is -9.44.